The maximum absolute atomic E-state index is 6.08. The van der Waals surface area contributed by atoms with Crippen molar-refractivity contribution in [2.45, 2.75) is 32.5 Å². The van der Waals surface area contributed by atoms with Gasteiger partial charge < -0.3 is 9.64 Å². The molecule has 0 unspecified atom stereocenters. The van der Waals surface area contributed by atoms with Gasteiger partial charge in [-0.25, -0.2) is 9.67 Å². The number of hydrogen-bond acceptors (Lipinski definition) is 6. The Kier molecular flexibility index (Phi) is 4.20. The van der Waals surface area contributed by atoms with Crippen LogP contribution in [-0.2, 0) is 18.4 Å². The van der Waals surface area contributed by atoms with Crippen molar-refractivity contribution in [1.82, 2.24) is 19.7 Å². The second-order valence-electron chi connectivity index (χ2n) is 6.20. The maximum atomic E-state index is 6.08. The molecule has 0 aliphatic carbocycles. The van der Waals surface area contributed by atoms with E-state index in [9.17, 15) is 0 Å². The molecule has 3 aromatic rings. The van der Waals surface area contributed by atoms with Gasteiger partial charge in [0.1, 0.15) is 0 Å². The van der Waals surface area contributed by atoms with E-state index in [1.165, 1.54) is 4.70 Å². The molecule has 1 fully saturated rings. The molecule has 0 amide bonds. The molecule has 0 aromatic carbocycles. The lowest BCUT2D eigenvalue weighted by atomic mass is 10.1. The normalized spacial score (nSPS) is 18.4. The minimum absolute atomic E-state index is 0.229. The Balaban J connectivity index is 1.44. The molecule has 0 saturated carbocycles. The molecular weight excluding hydrogens is 322 g/mol. The van der Waals surface area contributed by atoms with Gasteiger partial charge in [-0.2, -0.15) is 5.10 Å². The predicted molar refractivity (Wildman–Crippen MR) is 95.4 cm³/mol. The van der Waals surface area contributed by atoms with Crippen molar-refractivity contribution in [3.8, 4) is 0 Å². The summed E-state index contributed by atoms with van der Waals surface area (Å²) in [7, 11) is 1.95. The van der Waals surface area contributed by atoms with Crippen molar-refractivity contribution in [2.75, 3.05) is 18.0 Å². The van der Waals surface area contributed by atoms with Gasteiger partial charge >= 0.3 is 0 Å². The highest BCUT2D eigenvalue weighted by atomic mass is 32.1. The van der Waals surface area contributed by atoms with Crippen molar-refractivity contribution >= 4 is 26.8 Å². The Morgan fingerprint density at radius 1 is 1.38 bits per heavy atom. The summed E-state index contributed by atoms with van der Waals surface area (Å²) in [6.07, 6.45) is 4.25. The second-order valence-corrected chi connectivity index (χ2v) is 7.18. The fourth-order valence-corrected chi connectivity index (χ4v) is 4.21. The summed E-state index contributed by atoms with van der Waals surface area (Å²) < 4.78 is 9.13. The van der Waals surface area contributed by atoms with Gasteiger partial charge in [-0.3, -0.25) is 4.98 Å². The zero-order valence-corrected chi connectivity index (χ0v) is 14.8. The molecule has 0 bridgehead atoms. The average Bonchev–Trinajstić information content (AvgIpc) is 3.16. The number of piperidine rings is 1. The molecule has 6 nitrogen and oxygen atoms in total. The van der Waals surface area contributed by atoms with Gasteiger partial charge in [0.25, 0.3) is 0 Å². The van der Waals surface area contributed by atoms with Crippen LogP contribution in [0.2, 0.25) is 0 Å². The standard InChI is InChI=1S/C17H21N5OS/c1-12-15-16(21(2)20-12)19-17(24-15)22-9-5-7-14(10-22)23-11-13-6-3-4-8-18-13/h3-4,6,8,14H,5,7,9-11H2,1-2H3/t14-/m0/s1. The van der Waals surface area contributed by atoms with E-state index in [0.29, 0.717) is 6.61 Å². The number of nitrogens with zero attached hydrogens (tertiary/aromatic N) is 5. The lowest BCUT2D eigenvalue weighted by Crippen LogP contribution is -2.39. The third kappa shape index (κ3) is 3.01. The largest absolute Gasteiger partial charge is 0.370 e. The van der Waals surface area contributed by atoms with Crippen LogP contribution in [0, 0.1) is 6.92 Å². The topological polar surface area (TPSA) is 56.1 Å². The maximum Gasteiger partial charge on any atom is 0.188 e. The van der Waals surface area contributed by atoms with Crippen LogP contribution in [0.4, 0.5) is 5.13 Å². The number of pyridine rings is 1. The van der Waals surface area contributed by atoms with Gasteiger partial charge in [-0.15, -0.1) is 0 Å². The average molecular weight is 343 g/mol. The first-order valence-electron chi connectivity index (χ1n) is 8.27. The first-order valence-corrected chi connectivity index (χ1v) is 9.09. The fourth-order valence-electron chi connectivity index (χ4n) is 3.14. The highest BCUT2D eigenvalue weighted by molar-refractivity contribution is 7.22. The van der Waals surface area contributed by atoms with Gasteiger partial charge in [-0.05, 0) is 31.9 Å². The Labute approximate surface area is 145 Å². The minimum Gasteiger partial charge on any atom is -0.370 e. The molecule has 4 heterocycles. The van der Waals surface area contributed by atoms with Crippen LogP contribution in [0.1, 0.15) is 24.2 Å². The van der Waals surface area contributed by atoms with E-state index in [2.05, 4.69) is 15.0 Å². The summed E-state index contributed by atoms with van der Waals surface area (Å²) in [6, 6.07) is 5.93. The van der Waals surface area contributed by atoms with Gasteiger partial charge in [0.2, 0.25) is 0 Å². The zero-order valence-electron chi connectivity index (χ0n) is 14.0. The number of ether oxygens (including phenoxy) is 1. The molecule has 7 heteroatoms. The molecule has 24 heavy (non-hydrogen) atoms. The molecule has 0 radical (unpaired) electrons. The summed E-state index contributed by atoms with van der Waals surface area (Å²) >= 11 is 1.73. The monoisotopic (exact) mass is 343 g/mol. The van der Waals surface area contributed by atoms with Crippen molar-refractivity contribution < 1.29 is 4.74 Å². The highest BCUT2D eigenvalue weighted by Gasteiger charge is 2.24. The van der Waals surface area contributed by atoms with E-state index < -0.39 is 0 Å². The first kappa shape index (κ1) is 15.5. The van der Waals surface area contributed by atoms with Crippen molar-refractivity contribution in [1.29, 1.82) is 0 Å². The van der Waals surface area contributed by atoms with E-state index in [4.69, 9.17) is 9.72 Å². The first-order chi connectivity index (χ1) is 11.7. The molecule has 1 atom stereocenters. The number of thiazole rings is 1. The third-order valence-electron chi connectivity index (χ3n) is 4.37. The SMILES string of the molecule is Cc1nn(C)c2nc(N3CCC[C@H](OCc4ccccn4)C3)sc12. The van der Waals surface area contributed by atoms with Crippen molar-refractivity contribution in [2.24, 2.45) is 7.05 Å². The second kappa shape index (κ2) is 6.49. The summed E-state index contributed by atoms with van der Waals surface area (Å²) in [5, 5.41) is 5.50. The quantitative estimate of drug-likeness (QED) is 0.729. The highest BCUT2D eigenvalue weighted by Crippen LogP contribution is 2.32. The Morgan fingerprint density at radius 2 is 2.29 bits per heavy atom. The van der Waals surface area contributed by atoms with Crippen LogP contribution in [0.25, 0.3) is 10.3 Å². The zero-order chi connectivity index (χ0) is 16.5. The predicted octanol–water partition coefficient (Wildman–Crippen LogP) is 2.92. The Morgan fingerprint density at radius 3 is 3.08 bits per heavy atom. The van der Waals surface area contributed by atoms with Crippen LogP contribution in [-0.4, -0.2) is 38.9 Å². The van der Waals surface area contributed by atoms with Crippen LogP contribution >= 0.6 is 11.3 Å². The van der Waals surface area contributed by atoms with E-state index in [1.807, 2.05) is 43.0 Å². The number of anilines is 1. The van der Waals surface area contributed by atoms with Crippen LogP contribution in [0.5, 0.6) is 0 Å². The molecule has 1 aliphatic heterocycles. The van der Waals surface area contributed by atoms with E-state index in [-0.39, 0.29) is 6.10 Å². The van der Waals surface area contributed by atoms with Gasteiger partial charge in [-0.1, -0.05) is 17.4 Å². The van der Waals surface area contributed by atoms with E-state index in [0.717, 1.165) is 48.1 Å². The molecule has 1 aliphatic rings. The summed E-state index contributed by atoms with van der Waals surface area (Å²) in [6.45, 7) is 4.54. The number of fused-ring (bicyclic) bond motifs is 1. The van der Waals surface area contributed by atoms with Crippen LogP contribution in [0.3, 0.4) is 0 Å². The summed E-state index contributed by atoms with van der Waals surface area (Å²) in [5.74, 6) is 0. The third-order valence-corrected chi connectivity index (χ3v) is 5.59. The molecule has 4 rings (SSSR count). The Hall–Kier alpha value is -1.99. The lowest BCUT2D eigenvalue weighted by molar-refractivity contribution is 0.0298. The molecule has 1 saturated heterocycles. The minimum atomic E-state index is 0.229. The molecule has 0 N–H and O–H groups in total. The molecule has 3 aromatic heterocycles. The Bertz CT molecular complexity index is 794. The summed E-state index contributed by atoms with van der Waals surface area (Å²) in [5.41, 5.74) is 3.01. The number of hydrogen-bond donors (Lipinski definition) is 0. The van der Waals surface area contributed by atoms with Crippen molar-refractivity contribution in [3.05, 3.63) is 35.8 Å². The number of rotatable bonds is 4. The van der Waals surface area contributed by atoms with Crippen LogP contribution in [0.15, 0.2) is 24.4 Å². The van der Waals surface area contributed by atoms with Crippen molar-refractivity contribution in [3.63, 3.8) is 0 Å². The molecule has 126 valence electrons. The van der Waals surface area contributed by atoms with Gasteiger partial charge in [0.05, 0.1) is 28.8 Å². The van der Waals surface area contributed by atoms with Gasteiger partial charge in [0.15, 0.2) is 10.8 Å². The van der Waals surface area contributed by atoms with E-state index >= 15 is 0 Å². The molecular formula is C17H21N5OS. The lowest BCUT2D eigenvalue weighted by Gasteiger charge is -2.32. The number of aryl methyl sites for hydroxylation is 2. The fraction of sp³-hybridized carbons (Fsp3) is 0.471. The van der Waals surface area contributed by atoms with Gasteiger partial charge in [0, 0.05) is 26.3 Å². The van der Waals surface area contributed by atoms with Crippen LogP contribution < -0.4 is 4.90 Å². The number of aromatic nitrogens is 4. The smallest absolute Gasteiger partial charge is 0.188 e. The summed E-state index contributed by atoms with van der Waals surface area (Å²) in [4.78, 5) is 11.5. The van der Waals surface area contributed by atoms with E-state index in [1.54, 1.807) is 11.3 Å². The molecule has 0 spiro atoms.